The third-order valence-corrected chi connectivity index (χ3v) is 2.30. The molecule has 2 amide bonds. The van der Waals surface area contributed by atoms with Crippen molar-refractivity contribution >= 4 is 11.8 Å². The van der Waals surface area contributed by atoms with E-state index in [9.17, 15) is 9.59 Å². The normalized spacial score (nSPS) is 24.7. The highest BCUT2D eigenvalue weighted by Crippen LogP contribution is 2.21. The van der Waals surface area contributed by atoms with Gasteiger partial charge < -0.3 is 0 Å². The van der Waals surface area contributed by atoms with Gasteiger partial charge in [0.1, 0.15) is 6.04 Å². The molecule has 1 heterocycles. The van der Waals surface area contributed by atoms with Gasteiger partial charge in [0.25, 0.3) is 0 Å². The molecule has 0 aromatic rings. The molecule has 2 atom stereocenters. The van der Waals surface area contributed by atoms with E-state index in [4.69, 9.17) is 6.42 Å². The van der Waals surface area contributed by atoms with Crippen molar-refractivity contribution in [2.45, 2.75) is 32.7 Å². The summed E-state index contributed by atoms with van der Waals surface area (Å²) in [7, 11) is 0. The highest BCUT2D eigenvalue weighted by Gasteiger charge is 2.38. The van der Waals surface area contributed by atoms with E-state index in [1.54, 1.807) is 6.92 Å². The number of hydrogen-bond donors (Lipinski definition) is 0. The Labute approximate surface area is 78.1 Å². The second kappa shape index (κ2) is 3.61. The monoisotopic (exact) mass is 179 g/mol. The average Bonchev–Trinajstić information content (AvgIpc) is 2.34. The quantitative estimate of drug-likeness (QED) is 0.464. The summed E-state index contributed by atoms with van der Waals surface area (Å²) in [5.41, 5.74) is 0. The zero-order valence-electron chi connectivity index (χ0n) is 7.91. The first-order chi connectivity index (χ1) is 6.11. The van der Waals surface area contributed by atoms with Crippen molar-refractivity contribution in [1.29, 1.82) is 0 Å². The third-order valence-electron chi connectivity index (χ3n) is 2.30. The predicted molar refractivity (Wildman–Crippen MR) is 48.5 cm³/mol. The van der Waals surface area contributed by atoms with E-state index in [1.165, 1.54) is 4.90 Å². The van der Waals surface area contributed by atoms with Gasteiger partial charge in [0.15, 0.2) is 0 Å². The molecule has 0 aromatic heterocycles. The zero-order chi connectivity index (χ0) is 10.0. The van der Waals surface area contributed by atoms with Crippen LogP contribution in [0, 0.1) is 18.3 Å². The van der Waals surface area contributed by atoms with Crippen molar-refractivity contribution in [3.05, 3.63) is 0 Å². The van der Waals surface area contributed by atoms with Crippen molar-refractivity contribution in [3.8, 4) is 12.3 Å². The smallest absolute Gasteiger partial charge is 0.233 e. The topological polar surface area (TPSA) is 37.4 Å². The van der Waals surface area contributed by atoms with Crippen LogP contribution in [0.1, 0.15) is 26.7 Å². The van der Waals surface area contributed by atoms with Crippen molar-refractivity contribution in [3.63, 3.8) is 0 Å². The molecule has 0 spiro atoms. The lowest BCUT2D eigenvalue weighted by atomic mass is 10.1. The fourth-order valence-electron chi connectivity index (χ4n) is 1.51. The minimum Gasteiger partial charge on any atom is -0.274 e. The number of likely N-dealkylation sites (tertiary alicyclic amines) is 1. The van der Waals surface area contributed by atoms with E-state index in [1.807, 2.05) is 6.92 Å². The number of rotatable bonds is 2. The molecule has 1 rings (SSSR count). The SMILES string of the molecule is C#CC(CC)N1C(=O)CC(C)C1=O. The van der Waals surface area contributed by atoms with Crippen molar-refractivity contribution in [2.24, 2.45) is 5.92 Å². The van der Waals surface area contributed by atoms with E-state index >= 15 is 0 Å². The van der Waals surface area contributed by atoms with Crippen molar-refractivity contribution < 1.29 is 9.59 Å². The Morgan fingerprint density at radius 3 is 2.62 bits per heavy atom. The summed E-state index contributed by atoms with van der Waals surface area (Å²) in [5.74, 6) is 1.99. The summed E-state index contributed by atoms with van der Waals surface area (Å²) in [6.07, 6.45) is 6.17. The molecule has 2 unspecified atom stereocenters. The molecule has 1 saturated heterocycles. The molecule has 13 heavy (non-hydrogen) atoms. The number of carbonyl (C=O) groups is 2. The standard InChI is InChI=1S/C10H13NO2/c1-4-8(5-2)11-9(12)6-7(3)10(11)13/h1,7-8H,5-6H2,2-3H3. The molecule has 0 aliphatic carbocycles. The summed E-state index contributed by atoms with van der Waals surface area (Å²) >= 11 is 0. The molecule has 3 heteroatoms. The Bertz CT molecular complexity index is 277. The van der Waals surface area contributed by atoms with Gasteiger partial charge in [-0.25, -0.2) is 0 Å². The minimum atomic E-state index is -0.357. The van der Waals surface area contributed by atoms with Gasteiger partial charge in [-0.1, -0.05) is 19.8 Å². The molecule has 0 bridgehead atoms. The number of carbonyl (C=O) groups excluding carboxylic acids is 2. The van der Waals surface area contributed by atoms with Gasteiger partial charge in [-0.05, 0) is 6.42 Å². The molecule has 0 N–H and O–H groups in total. The highest BCUT2D eigenvalue weighted by atomic mass is 16.2. The molecule has 0 radical (unpaired) electrons. The average molecular weight is 179 g/mol. The van der Waals surface area contributed by atoms with Gasteiger partial charge >= 0.3 is 0 Å². The predicted octanol–water partition coefficient (Wildman–Crippen LogP) is 0.793. The number of nitrogens with zero attached hydrogens (tertiary/aromatic N) is 1. The van der Waals surface area contributed by atoms with Crippen LogP contribution in [-0.4, -0.2) is 22.8 Å². The highest BCUT2D eigenvalue weighted by molar-refractivity contribution is 6.03. The van der Waals surface area contributed by atoms with E-state index in [-0.39, 0.29) is 23.8 Å². The summed E-state index contributed by atoms with van der Waals surface area (Å²) in [6, 6.07) is -0.357. The summed E-state index contributed by atoms with van der Waals surface area (Å²) in [5, 5.41) is 0. The van der Waals surface area contributed by atoms with Crippen LogP contribution in [0.3, 0.4) is 0 Å². The number of hydrogen-bond acceptors (Lipinski definition) is 2. The van der Waals surface area contributed by atoms with Crippen molar-refractivity contribution in [1.82, 2.24) is 4.90 Å². The fraction of sp³-hybridized carbons (Fsp3) is 0.600. The molecule has 3 nitrogen and oxygen atoms in total. The zero-order valence-corrected chi connectivity index (χ0v) is 7.91. The fourth-order valence-corrected chi connectivity index (χ4v) is 1.51. The molecular formula is C10H13NO2. The first kappa shape index (κ1) is 9.79. The molecule has 1 fully saturated rings. The molecule has 70 valence electrons. The number of amides is 2. The largest absolute Gasteiger partial charge is 0.274 e. The first-order valence-corrected chi connectivity index (χ1v) is 4.43. The molecule has 1 aliphatic heterocycles. The maximum absolute atomic E-state index is 11.5. The van der Waals surface area contributed by atoms with Gasteiger partial charge in [0.2, 0.25) is 11.8 Å². The van der Waals surface area contributed by atoms with E-state index in [2.05, 4.69) is 5.92 Å². The van der Waals surface area contributed by atoms with E-state index in [0.717, 1.165) is 0 Å². The van der Waals surface area contributed by atoms with Gasteiger partial charge in [-0.2, -0.15) is 0 Å². The summed E-state index contributed by atoms with van der Waals surface area (Å²) in [4.78, 5) is 24.1. The molecular weight excluding hydrogens is 166 g/mol. The van der Waals surface area contributed by atoms with Crippen LogP contribution < -0.4 is 0 Å². The Kier molecular flexibility index (Phi) is 2.72. The van der Waals surface area contributed by atoms with Crippen LogP contribution in [0.2, 0.25) is 0 Å². The van der Waals surface area contributed by atoms with Crippen LogP contribution >= 0.6 is 0 Å². The lowest BCUT2D eigenvalue weighted by molar-refractivity contribution is -0.140. The Morgan fingerprint density at radius 2 is 2.31 bits per heavy atom. The molecule has 0 saturated carbocycles. The van der Waals surface area contributed by atoms with E-state index in [0.29, 0.717) is 12.8 Å². The molecule has 0 aromatic carbocycles. The van der Waals surface area contributed by atoms with Crippen LogP contribution in [0.4, 0.5) is 0 Å². The van der Waals surface area contributed by atoms with Crippen LogP contribution in [-0.2, 0) is 9.59 Å². The van der Waals surface area contributed by atoms with Gasteiger partial charge in [-0.15, -0.1) is 6.42 Å². The second-order valence-electron chi connectivity index (χ2n) is 3.30. The van der Waals surface area contributed by atoms with E-state index < -0.39 is 0 Å². The number of terminal acetylenes is 1. The second-order valence-corrected chi connectivity index (χ2v) is 3.30. The van der Waals surface area contributed by atoms with Crippen LogP contribution in [0.5, 0.6) is 0 Å². The third kappa shape index (κ3) is 1.57. The first-order valence-electron chi connectivity index (χ1n) is 4.43. The van der Waals surface area contributed by atoms with Gasteiger partial charge in [0.05, 0.1) is 0 Å². The Morgan fingerprint density at radius 1 is 1.69 bits per heavy atom. The van der Waals surface area contributed by atoms with Crippen molar-refractivity contribution in [2.75, 3.05) is 0 Å². The van der Waals surface area contributed by atoms with Crippen LogP contribution in [0.15, 0.2) is 0 Å². The molecule has 1 aliphatic rings. The summed E-state index contributed by atoms with van der Waals surface area (Å²) < 4.78 is 0. The maximum Gasteiger partial charge on any atom is 0.233 e. The summed E-state index contributed by atoms with van der Waals surface area (Å²) in [6.45, 7) is 3.62. The lowest BCUT2D eigenvalue weighted by Gasteiger charge is -2.20. The lowest BCUT2D eigenvalue weighted by Crippen LogP contribution is -2.38. The minimum absolute atomic E-state index is 0.130. The van der Waals surface area contributed by atoms with Gasteiger partial charge in [-0.3, -0.25) is 14.5 Å². The Hall–Kier alpha value is -1.30. The number of imide groups is 1. The maximum atomic E-state index is 11.5. The van der Waals surface area contributed by atoms with Crippen LogP contribution in [0.25, 0.3) is 0 Å². The van der Waals surface area contributed by atoms with Gasteiger partial charge in [0, 0.05) is 12.3 Å². The Balaban J connectivity index is 2.86.